The monoisotopic (exact) mass is 302 g/mol. The summed E-state index contributed by atoms with van der Waals surface area (Å²) < 4.78 is 10.5. The van der Waals surface area contributed by atoms with Gasteiger partial charge in [0.2, 0.25) is 12.1 Å². The number of ether oxygens (including phenoxy) is 2. The third kappa shape index (κ3) is 4.04. The highest BCUT2D eigenvalue weighted by Crippen LogP contribution is 2.26. The van der Waals surface area contributed by atoms with E-state index in [1.54, 1.807) is 13.0 Å². The van der Waals surface area contributed by atoms with E-state index in [2.05, 4.69) is 0 Å². The van der Waals surface area contributed by atoms with Crippen molar-refractivity contribution in [3.05, 3.63) is 47.7 Å². The number of hydrogen-bond acceptors (Lipinski definition) is 5. The third-order valence-electron chi connectivity index (χ3n) is 3.59. The highest BCUT2D eigenvalue weighted by Gasteiger charge is 2.33. The third-order valence-corrected chi connectivity index (χ3v) is 3.59. The quantitative estimate of drug-likeness (QED) is 0.458. The summed E-state index contributed by atoms with van der Waals surface area (Å²) >= 11 is 0. The van der Waals surface area contributed by atoms with Crippen LogP contribution in [0.1, 0.15) is 25.3 Å². The van der Waals surface area contributed by atoms with Crippen molar-refractivity contribution >= 4 is 18.0 Å². The molecule has 1 aliphatic carbocycles. The lowest BCUT2D eigenvalue weighted by molar-refractivity contribution is -0.156. The molecule has 0 fully saturated rings. The number of carbonyl (C=O) groups excluding carboxylic acids is 3. The average molecular weight is 302 g/mol. The number of carbonyl (C=O) groups is 3. The fourth-order valence-corrected chi connectivity index (χ4v) is 2.41. The first-order valence-corrected chi connectivity index (χ1v) is 7.18. The Kier molecular flexibility index (Phi) is 5.47. The number of allylic oxidation sites excluding steroid dienone is 2. The van der Waals surface area contributed by atoms with Crippen LogP contribution in [0.15, 0.2) is 42.2 Å². The molecule has 0 spiro atoms. The molecule has 0 bridgehead atoms. The van der Waals surface area contributed by atoms with Crippen LogP contribution in [0.3, 0.4) is 0 Å². The molecule has 0 aliphatic heterocycles. The van der Waals surface area contributed by atoms with Crippen LogP contribution in [-0.4, -0.2) is 24.1 Å². The first-order chi connectivity index (χ1) is 10.6. The minimum Gasteiger partial charge on any atom is -0.486 e. The normalized spacial score (nSPS) is 19.0. The van der Waals surface area contributed by atoms with Crippen molar-refractivity contribution < 1.29 is 23.9 Å². The summed E-state index contributed by atoms with van der Waals surface area (Å²) in [6, 6.07) is 9.55. The maximum absolute atomic E-state index is 12.4. The summed E-state index contributed by atoms with van der Waals surface area (Å²) in [4.78, 5) is 33.7. The number of Topliss-reactive ketones (excluding diaryl/α,β-unsaturated/α-hetero) is 1. The largest absolute Gasteiger partial charge is 0.486 e. The number of hydrogen-bond donors (Lipinski definition) is 0. The van der Waals surface area contributed by atoms with Crippen molar-refractivity contribution in [2.75, 3.05) is 0 Å². The van der Waals surface area contributed by atoms with E-state index in [4.69, 9.17) is 9.47 Å². The van der Waals surface area contributed by atoms with Gasteiger partial charge in [0.25, 0.3) is 0 Å². The van der Waals surface area contributed by atoms with Crippen molar-refractivity contribution in [2.24, 2.45) is 5.92 Å². The molecule has 0 saturated heterocycles. The van der Waals surface area contributed by atoms with E-state index < -0.39 is 18.0 Å². The van der Waals surface area contributed by atoms with E-state index >= 15 is 0 Å². The Bertz CT molecular complexity index is 576. The van der Waals surface area contributed by atoms with E-state index in [9.17, 15) is 14.4 Å². The summed E-state index contributed by atoms with van der Waals surface area (Å²) in [6.07, 6.45) is 2.46. The summed E-state index contributed by atoms with van der Waals surface area (Å²) in [6.45, 7) is 1.93. The Morgan fingerprint density at radius 3 is 2.77 bits per heavy atom. The zero-order valence-corrected chi connectivity index (χ0v) is 12.4. The summed E-state index contributed by atoms with van der Waals surface area (Å²) in [5, 5.41) is 0. The van der Waals surface area contributed by atoms with Gasteiger partial charge < -0.3 is 9.47 Å². The topological polar surface area (TPSA) is 69.7 Å². The van der Waals surface area contributed by atoms with Gasteiger partial charge in [-0.2, -0.15) is 0 Å². The predicted octanol–water partition coefficient (Wildman–Crippen LogP) is 2.20. The lowest BCUT2D eigenvalue weighted by Crippen LogP contribution is -2.33. The minimum absolute atomic E-state index is 0.104. The van der Waals surface area contributed by atoms with Crippen LogP contribution >= 0.6 is 0 Å². The second-order valence-corrected chi connectivity index (χ2v) is 5.15. The molecule has 2 atom stereocenters. The summed E-state index contributed by atoms with van der Waals surface area (Å²) in [5.74, 6) is -1.32. The average Bonchev–Trinajstić information content (AvgIpc) is 2.54. The number of esters is 1. The molecule has 2 rings (SSSR count). The molecule has 116 valence electrons. The first-order valence-electron chi connectivity index (χ1n) is 7.18. The van der Waals surface area contributed by atoms with E-state index in [0.29, 0.717) is 25.2 Å². The number of rotatable bonds is 6. The molecule has 1 aromatic rings. The van der Waals surface area contributed by atoms with Crippen LogP contribution in [0, 0.1) is 5.92 Å². The van der Waals surface area contributed by atoms with Crippen molar-refractivity contribution in [3.63, 3.8) is 0 Å². The smallest absolute Gasteiger partial charge is 0.371 e. The van der Waals surface area contributed by atoms with Gasteiger partial charge >= 0.3 is 5.97 Å². The number of aldehydes is 1. The van der Waals surface area contributed by atoms with Crippen molar-refractivity contribution in [3.8, 4) is 0 Å². The molecule has 5 heteroatoms. The van der Waals surface area contributed by atoms with Gasteiger partial charge in [-0.15, -0.1) is 0 Å². The van der Waals surface area contributed by atoms with Gasteiger partial charge in [0.15, 0.2) is 5.76 Å². The van der Waals surface area contributed by atoms with Crippen LogP contribution in [0.25, 0.3) is 0 Å². The molecule has 1 aromatic carbocycles. The van der Waals surface area contributed by atoms with Gasteiger partial charge in [0, 0.05) is 0 Å². The Balaban J connectivity index is 1.96. The molecule has 0 amide bonds. The van der Waals surface area contributed by atoms with Crippen molar-refractivity contribution in [1.29, 1.82) is 0 Å². The SMILES string of the molecule is CC(OC(=O)C=O)C1CCC=C(OCc2ccccc2)C1=O. The van der Waals surface area contributed by atoms with Gasteiger partial charge in [-0.05, 0) is 31.4 Å². The fourth-order valence-electron chi connectivity index (χ4n) is 2.41. The summed E-state index contributed by atoms with van der Waals surface area (Å²) in [5.41, 5.74) is 0.971. The van der Waals surface area contributed by atoms with Crippen LogP contribution in [0.4, 0.5) is 0 Å². The molecule has 1 aliphatic rings. The number of ketones is 1. The molecular formula is C17H18O5. The van der Waals surface area contributed by atoms with Gasteiger partial charge in [-0.25, -0.2) is 4.79 Å². The summed E-state index contributed by atoms with van der Waals surface area (Å²) in [7, 11) is 0. The van der Waals surface area contributed by atoms with E-state index in [1.807, 2.05) is 30.3 Å². The fraction of sp³-hybridized carbons (Fsp3) is 0.353. The molecule has 0 heterocycles. The van der Waals surface area contributed by atoms with Crippen molar-refractivity contribution in [2.45, 2.75) is 32.5 Å². The van der Waals surface area contributed by atoms with Crippen LogP contribution in [0.5, 0.6) is 0 Å². The van der Waals surface area contributed by atoms with E-state index in [-0.39, 0.29) is 12.1 Å². The maximum atomic E-state index is 12.4. The Labute approximate surface area is 128 Å². The molecule has 0 N–H and O–H groups in total. The molecule has 0 aromatic heterocycles. The lowest BCUT2D eigenvalue weighted by Gasteiger charge is -2.26. The second kappa shape index (κ2) is 7.54. The zero-order valence-electron chi connectivity index (χ0n) is 12.4. The number of benzene rings is 1. The molecule has 5 nitrogen and oxygen atoms in total. The Morgan fingerprint density at radius 2 is 2.09 bits per heavy atom. The standard InChI is InChI=1S/C17H18O5/c1-12(22-16(19)10-18)14-8-5-9-15(17(14)20)21-11-13-6-3-2-4-7-13/h2-4,6-7,9-10,12,14H,5,8,11H2,1H3. The lowest BCUT2D eigenvalue weighted by atomic mass is 9.87. The highest BCUT2D eigenvalue weighted by molar-refractivity contribution is 6.20. The molecule has 2 unspecified atom stereocenters. The minimum atomic E-state index is -0.957. The van der Waals surface area contributed by atoms with E-state index in [1.165, 1.54) is 0 Å². The zero-order chi connectivity index (χ0) is 15.9. The molecule has 0 radical (unpaired) electrons. The van der Waals surface area contributed by atoms with Gasteiger partial charge in [0.05, 0.1) is 5.92 Å². The Hall–Kier alpha value is -2.43. The molecule has 0 saturated carbocycles. The van der Waals surface area contributed by atoms with Gasteiger partial charge in [0.1, 0.15) is 12.7 Å². The van der Waals surface area contributed by atoms with Gasteiger partial charge in [-0.1, -0.05) is 30.3 Å². The molecular weight excluding hydrogens is 284 g/mol. The Morgan fingerprint density at radius 1 is 1.36 bits per heavy atom. The maximum Gasteiger partial charge on any atom is 0.371 e. The van der Waals surface area contributed by atoms with Crippen LogP contribution in [0.2, 0.25) is 0 Å². The molecule has 22 heavy (non-hydrogen) atoms. The van der Waals surface area contributed by atoms with Crippen LogP contribution < -0.4 is 0 Å². The predicted molar refractivity (Wildman–Crippen MR) is 78.7 cm³/mol. The van der Waals surface area contributed by atoms with E-state index in [0.717, 1.165) is 5.56 Å². The van der Waals surface area contributed by atoms with Crippen LogP contribution in [-0.2, 0) is 30.5 Å². The second-order valence-electron chi connectivity index (χ2n) is 5.15. The highest BCUT2D eigenvalue weighted by atomic mass is 16.5. The first kappa shape index (κ1) is 15.9. The van der Waals surface area contributed by atoms with Gasteiger partial charge in [-0.3, -0.25) is 9.59 Å². The van der Waals surface area contributed by atoms with Crippen molar-refractivity contribution in [1.82, 2.24) is 0 Å².